The van der Waals surface area contributed by atoms with Gasteiger partial charge < -0.3 is 20.3 Å². The minimum Gasteiger partial charge on any atom is -0.491 e. The van der Waals surface area contributed by atoms with Crippen LogP contribution in [-0.4, -0.2) is 42.1 Å². The molecule has 0 spiro atoms. The van der Waals surface area contributed by atoms with E-state index in [2.05, 4.69) is 12.2 Å². The van der Waals surface area contributed by atoms with E-state index in [1.54, 1.807) is 0 Å². The molecule has 1 rings (SSSR count). The first kappa shape index (κ1) is 16.0. The van der Waals surface area contributed by atoms with E-state index < -0.39 is 6.10 Å². The zero-order valence-electron chi connectivity index (χ0n) is 11.8. The zero-order chi connectivity index (χ0) is 14.1. The molecule has 4 heteroatoms. The van der Waals surface area contributed by atoms with Crippen molar-refractivity contribution in [1.82, 2.24) is 5.32 Å². The lowest BCUT2D eigenvalue weighted by atomic mass is 10.1. The van der Waals surface area contributed by atoms with Gasteiger partial charge in [-0.15, -0.1) is 0 Å². The first-order valence-corrected chi connectivity index (χ1v) is 6.87. The molecule has 1 aromatic rings. The van der Waals surface area contributed by atoms with Crippen LogP contribution in [0.15, 0.2) is 24.3 Å². The molecule has 0 saturated carbocycles. The Morgan fingerprint density at radius 3 is 2.53 bits per heavy atom. The van der Waals surface area contributed by atoms with Gasteiger partial charge in [0.2, 0.25) is 0 Å². The molecule has 2 atom stereocenters. The molecule has 0 fully saturated rings. The monoisotopic (exact) mass is 267 g/mol. The predicted molar refractivity (Wildman–Crippen MR) is 76.5 cm³/mol. The van der Waals surface area contributed by atoms with Crippen LogP contribution in [0.4, 0.5) is 0 Å². The second-order valence-electron chi connectivity index (χ2n) is 4.80. The van der Waals surface area contributed by atoms with Gasteiger partial charge in [-0.2, -0.15) is 0 Å². The Hall–Kier alpha value is -1.10. The van der Waals surface area contributed by atoms with Crippen LogP contribution in [0.2, 0.25) is 0 Å². The number of benzene rings is 1. The van der Waals surface area contributed by atoms with Gasteiger partial charge >= 0.3 is 0 Å². The van der Waals surface area contributed by atoms with Crippen LogP contribution in [0.1, 0.15) is 25.3 Å². The molecule has 1 aromatic carbocycles. The van der Waals surface area contributed by atoms with Crippen LogP contribution < -0.4 is 10.1 Å². The number of nitrogens with one attached hydrogen (secondary N) is 1. The standard InChI is InChI=1S/C15H25NO3/c1-3-13(8-9-17)16-10-14(18)11-19-15-6-4-12(2)5-7-15/h4-7,13-14,16-18H,3,8-11H2,1-2H3. The van der Waals surface area contributed by atoms with E-state index in [1.165, 1.54) is 5.56 Å². The molecular formula is C15H25NO3. The van der Waals surface area contributed by atoms with Crippen molar-refractivity contribution in [2.75, 3.05) is 19.8 Å². The minimum absolute atomic E-state index is 0.168. The smallest absolute Gasteiger partial charge is 0.119 e. The van der Waals surface area contributed by atoms with Gasteiger partial charge in [-0.3, -0.25) is 0 Å². The van der Waals surface area contributed by atoms with Crippen LogP contribution in [0.25, 0.3) is 0 Å². The van der Waals surface area contributed by atoms with Crippen LogP contribution in [0.5, 0.6) is 5.75 Å². The molecule has 0 heterocycles. The molecule has 0 bridgehead atoms. The minimum atomic E-state index is -0.547. The van der Waals surface area contributed by atoms with Gasteiger partial charge in [0.15, 0.2) is 0 Å². The van der Waals surface area contributed by atoms with Crippen molar-refractivity contribution in [2.24, 2.45) is 0 Å². The molecule has 0 aliphatic heterocycles. The molecule has 0 amide bonds. The number of aliphatic hydroxyl groups excluding tert-OH is 2. The Morgan fingerprint density at radius 1 is 1.26 bits per heavy atom. The summed E-state index contributed by atoms with van der Waals surface area (Å²) in [6.45, 7) is 4.99. The lowest BCUT2D eigenvalue weighted by Gasteiger charge is -2.19. The third-order valence-electron chi connectivity index (χ3n) is 3.08. The number of hydrogen-bond acceptors (Lipinski definition) is 4. The summed E-state index contributed by atoms with van der Waals surface area (Å²) in [5, 5.41) is 21.9. The molecule has 0 aliphatic carbocycles. The van der Waals surface area contributed by atoms with E-state index in [4.69, 9.17) is 9.84 Å². The first-order valence-electron chi connectivity index (χ1n) is 6.87. The maximum Gasteiger partial charge on any atom is 0.119 e. The molecule has 3 N–H and O–H groups in total. The SMILES string of the molecule is CCC(CCO)NCC(O)COc1ccc(C)cc1. The summed E-state index contributed by atoms with van der Waals surface area (Å²) in [7, 11) is 0. The van der Waals surface area contributed by atoms with Gasteiger partial charge in [-0.05, 0) is 31.9 Å². The van der Waals surface area contributed by atoms with Crippen LogP contribution >= 0.6 is 0 Å². The van der Waals surface area contributed by atoms with Crippen LogP contribution in [-0.2, 0) is 0 Å². The maximum absolute atomic E-state index is 9.83. The Bertz CT molecular complexity index is 340. The highest BCUT2D eigenvalue weighted by Gasteiger charge is 2.09. The quantitative estimate of drug-likeness (QED) is 0.634. The van der Waals surface area contributed by atoms with Gasteiger partial charge in [0.1, 0.15) is 18.5 Å². The van der Waals surface area contributed by atoms with E-state index >= 15 is 0 Å². The third-order valence-corrected chi connectivity index (χ3v) is 3.08. The van der Waals surface area contributed by atoms with Crippen molar-refractivity contribution in [3.8, 4) is 5.75 Å². The van der Waals surface area contributed by atoms with E-state index in [9.17, 15) is 5.11 Å². The molecule has 0 aliphatic rings. The molecule has 0 radical (unpaired) electrons. The number of rotatable bonds is 9. The highest BCUT2D eigenvalue weighted by atomic mass is 16.5. The summed E-state index contributed by atoms with van der Waals surface area (Å²) >= 11 is 0. The number of ether oxygens (including phenoxy) is 1. The number of hydrogen-bond donors (Lipinski definition) is 3. The lowest BCUT2D eigenvalue weighted by Crippen LogP contribution is -2.38. The largest absolute Gasteiger partial charge is 0.491 e. The Morgan fingerprint density at radius 2 is 1.95 bits per heavy atom. The van der Waals surface area contributed by atoms with Crippen molar-refractivity contribution in [2.45, 2.75) is 38.8 Å². The molecule has 19 heavy (non-hydrogen) atoms. The fraction of sp³-hybridized carbons (Fsp3) is 0.600. The predicted octanol–water partition coefficient (Wildman–Crippen LogP) is 1.49. The van der Waals surface area contributed by atoms with Gasteiger partial charge in [0.25, 0.3) is 0 Å². The summed E-state index contributed by atoms with van der Waals surface area (Å²) in [6, 6.07) is 8.01. The summed E-state index contributed by atoms with van der Waals surface area (Å²) in [5.74, 6) is 0.770. The molecule has 2 unspecified atom stereocenters. The number of aryl methyl sites for hydroxylation is 1. The van der Waals surface area contributed by atoms with Gasteiger partial charge in [-0.1, -0.05) is 24.6 Å². The van der Waals surface area contributed by atoms with Gasteiger partial charge in [0.05, 0.1) is 0 Å². The Labute approximate surface area is 115 Å². The average molecular weight is 267 g/mol. The van der Waals surface area contributed by atoms with E-state index in [0.29, 0.717) is 13.0 Å². The molecule has 0 saturated heterocycles. The van der Waals surface area contributed by atoms with Crippen LogP contribution in [0.3, 0.4) is 0 Å². The molecule has 0 aromatic heterocycles. The van der Waals surface area contributed by atoms with Crippen molar-refractivity contribution in [3.05, 3.63) is 29.8 Å². The summed E-state index contributed by atoms with van der Waals surface area (Å²) < 4.78 is 5.51. The fourth-order valence-corrected chi connectivity index (χ4v) is 1.79. The molecule has 108 valence electrons. The molecular weight excluding hydrogens is 242 g/mol. The highest BCUT2D eigenvalue weighted by Crippen LogP contribution is 2.11. The van der Waals surface area contributed by atoms with Crippen molar-refractivity contribution < 1.29 is 14.9 Å². The Kier molecular flexibility index (Phi) is 7.48. The summed E-state index contributed by atoms with van der Waals surface area (Å²) in [6.07, 6.45) is 1.10. The summed E-state index contributed by atoms with van der Waals surface area (Å²) in [5.41, 5.74) is 1.18. The van der Waals surface area contributed by atoms with Gasteiger partial charge in [-0.25, -0.2) is 0 Å². The average Bonchev–Trinajstić information content (AvgIpc) is 2.42. The maximum atomic E-state index is 9.83. The topological polar surface area (TPSA) is 61.7 Å². The summed E-state index contributed by atoms with van der Waals surface area (Å²) in [4.78, 5) is 0. The number of aliphatic hydroxyl groups is 2. The lowest BCUT2D eigenvalue weighted by molar-refractivity contribution is 0.102. The third kappa shape index (κ3) is 6.57. The normalized spacial score (nSPS) is 14.1. The highest BCUT2D eigenvalue weighted by molar-refractivity contribution is 5.26. The zero-order valence-corrected chi connectivity index (χ0v) is 11.8. The fourth-order valence-electron chi connectivity index (χ4n) is 1.79. The van der Waals surface area contributed by atoms with E-state index in [0.717, 1.165) is 12.2 Å². The first-order chi connectivity index (χ1) is 9.15. The van der Waals surface area contributed by atoms with Crippen LogP contribution in [0, 0.1) is 6.92 Å². The van der Waals surface area contributed by atoms with E-state index in [-0.39, 0.29) is 19.3 Å². The second kappa shape index (κ2) is 8.91. The molecule has 4 nitrogen and oxygen atoms in total. The van der Waals surface area contributed by atoms with Gasteiger partial charge in [0, 0.05) is 19.2 Å². The van der Waals surface area contributed by atoms with Crippen molar-refractivity contribution >= 4 is 0 Å². The van der Waals surface area contributed by atoms with Crippen molar-refractivity contribution in [1.29, 1.82) is 0 Å². The second-order valence-corrected chi connectivity index (χ2v) is 4.80. The Balaban J connectivity index is 2.23. The van der Waals surface area contributed by atoms with E-state index in [1.807, 2.05) is 31.2 Å². The van der Waals surface area contributed by atoms with Crippen molar-refractivity contribution in [3.63, 3.8) is 0 Å².